The Bertz CT molecular complexity index is 273. The summed E-state index contributed by atoms with van der Waals surface area (Å²) in [6.07, 6.45) is 7.10. The summed E-state index contributed by atoms with van der Waals surface area (Å²) in [6.45, 7) is 11.9. The lowest BCUT2D eigenvalue weighted by molar-refractivity contribution is 0.0503. The summed E-state index contributed by atoms with van der Waals surface area (Å²) in [6, 6.07) is 0. The molecule has 0 unspecified atom stereocenters. The Morgan fingerprint density at radius 2 is 0.852 bits per heavy atom. The maximum Gasteiger partial charge on any atom is 0.0594 e. The fourth-order valence-electron chi connectivity index (χ4n) is 3.24. The molecule has 4 heterocycles. The summed E-state index contributed by atoms with van der Waals surface area (Å²) >= 11 is 2.06. The van der Waals surface area contributed by atoms with E-state index in [1.165, 1.54) is 82.9 Å². The number of likely N-dealkylation sites (tertiary alicyclic amines) is 2. The van der Waals surface area contributed by atoms with Crippen LogP contribution in [0.4, 0.5) is 0 Å². The average Bonchev–Trinajstić information content (AvgIpc) is 3.16. The van der Waals surface area contributed by atoms with E-state index in [0.717, 1.165) is 26.3 Å². The lowest BCUT2D eigenvalue weighted by Crippen LogP contribution is -2.32. The fraction of sp³-hybridized carbons (Fsp3) is 1.00. The number of thioether (sulfide) groups is 1. The van der Waals surface area contributed by atoms with Gasteiger partial charge in [0.15, 0.2) is 0 Å². The number of hydrogen-bond acceptors (Lipinski definition) is 6. The van der Waals surface area contributed by atoms with E-state index in [1.807, 2.05) is 0 Å². The van der Waals surface area contributed by atoms with Crippen LogP contribution in [0.3, 0.4) is 0 Å². The smallest absolute Gasteiger partial charge is 0.0594 e. The quantitative estimate of drug-likeness (QED) is 0.616. The molecule has 0 aromatic carbocycles. The first-order valence-corrected chi connectivity index (χ1v) is 12.1. The van der Waals surface area contributed by atoms with Crippen LogP contribution in [-0.2, 0) is 4.74 Å². The molecule has 0 N–H and O–H groups in total. The molecule has 0 atom stereocenters. The predicted molar refractivity (Wildman–Crippen MR) is 121 cm³/mol. The van der Waals surface area contributed by atoms with E-state index in [1.54, 1.807) is 0 Å². The minimum absolute atomic E-state index is 0.913. The van der Waals surface area contributed by atoms with Crippen molar-refractivity contribution in [1.82, 2.24) is 19.6 Å². The molecule has 0 aromatic rings. The molecule has 162 valence electrons. The SMILES string of the molecule is CN1CCCC1.CN1CCCCC1.CN1CCOCC1.CN1CCSCC1. The van der Waals surface area contributed by atoms with Gasteiger partial charge in [-0.05, 0) is 80.1 Å². The summed E-state index contributed by atoms with van der Waals surface area (Å²) in [4.78, 5) is 9.39. The molecule has 0 spiro atoms. The monoisotopic (exact) mass is 402 g/mol. The van der Waals surface area contributed by atoms with Crippen molar-refractivity contribution < 1.29 is 4.74 Å². The Balaban J connectivity index is 0.000000180. The Morgan fingerprint density at radius 1 is 0.481 bits per heavy atom. The van der Waals surface area contributed by atoms with E-state index in [4.69, 9.17) is 4.74 Å². The molecular weight excluding hydrogens is 356 g/mol. The summed E-state index contributed by atoms with van der Waals surface area (Å²) in [5.41, 5.74) is 0. The van der Waals surface area contributed by atoms with Crippen molar-refractivity contribution in [2.45, 2.75) is 32.1 Å². The van der Waals surface area contributed by atoms with Crippen LogP contribution >= 0.6 is 11.8 Å². The van der Waals surface area contributed by atoms with Gasteiger partial charge in [-0.3, -0.25) is 0 Å². The molecule has 6 heteroatoms. The zero-order valence-electron chi connectivity index (χ0n) is 18.6. The molecule has 0 aliphatic carbocycles. The van der Waals surface area contributed by atoms with Crippen LogP contribution in [0.2, 0.25) is 0 Å². The van der Waals surface area contributed by atoms with Crippen LogP contribution in [0, 0.1) is 0 Å². The summed E-state index contributed by atoms with van der Waals surface area (Å²) in [5.74, 6) is 2.66. The van der Waals surface area contributed by atoms with Crippen molar-refractivity contribution in [3.05, 3.63) is 0 Å². The highest BCUT2D eigenvalue weighted by molar-refractivity contribution is 7.99. The van der Waals surface area contributed by atoms with E-state index in [0.29, 0.717) is 0 Å². The highest BCUT2D eigenvalue weighted by Gasteiger charge is 2.04. The highest BCUT2D eigenvalue weighted by Crippen LogP contribution is 2.06. The number of rotatable bonds is 0. The van der Waals surface area contributed by atoms with Crippen molar-refractivity contribution in [1.29, 1.82) is 0 Å². The molecule has 4 aliphatic heterocycles. The molecule has 0 radical (unpaired) electrons. The lowest BCUT2D eigenvalue weighted by Gasteiger charge is -2.21. The topological polar surface area (TPSA) is 22.2 Å². The molecule has 5 nitrogen and oxygen atoms in total. The minimum atomic E-state index is 0.913. The van der Waals surface area contributed by atoms with Gasteiger partial charge < -0.3 is 24.3 Å². The summed E-state index contributed by atoms with van der Waals surface area (Å²) in [5, 5.41) is 0. The number of piperidine rings is 1. The van der Waals surface area contributed by atoms with Gasteiger partial charge in [0.1, 0.15) is 0 Å². The number of morpholine rings is 1. The Kier molecular flexibility index (Phi) is 15.9. The second-order valence-corrected chi connectivity index (χ2v) is 9.43. The van der Waals surface area contributed by atoms with Crippen molar-refractivity contribution in [3.8, 4) is 0 Å². The van der Waals surface area contributed by atoms with Crippen LogP contribution in [0.5, 0.6) is 0 Å². The molecule has 0 bridgehead atoms. The van der Waals surface area contributed by atoms with Crippen molar-refractivity contribution in [2.75, 3.05) is 105 Å². The third-order valence-corrected chi connectivity index (χ3v) is 6.32. The van der Waals surface area contributed by atoms with Crippen LogP contribution < -0.4 is 0 Å². The van der Waals surface area contributed by atoms with Gasteiger partial charge in [0.2, 0.25) is 0 Å². The van der Waals surface area contributed by atoms with Gasteiger partial charge in [-0.15, -0.1) is 0 Å². The Labute approximate surface area is 173 Å². The lowest BCUT2D eigenvalue weighted by atomic mass is 10.1. The maximum atomic E-state index is 5.10. The predicted octanol–water partition coefficient (Wildman–Crippen LogP) is 2.43. The first-order valence-electron chi connectivity index (χ1n) is 11.0. The summed E-state index contributed by atoms with van der Waals surface area (Å²) < 4.78 is 5.10. The first-order chi connectivity index (χ1) is 13.1. The molecular formula is C21H46N4OS. The van der Waals surface area contributed by atoms with E-state index < -0.39 is 0 Å². The van der Waals surface area contributed by atoms with Gasteiger partial charge in [0.25, 0.3) is 0 Å². The van der Waals surface area contributed by atoms with Crippen LogP contribution in [0.1, 0.15) is 32.1 Å². The maximum absolute atomic E-state index is 5.10. The highest BCUT2D eigenvalue weighted by atomic mass is 32.2. The van der Waals surface area contributed by atoms with Crippen molar-refractivity contribution in [3.63, 3.8) is 0 Å². The van der Waals surface area contributed by atoms with Gasteiger partial charge >= 0.3 is 0 Å². The van der Waals surface area contributed by atoms with E-state index in [9.17, 15) is 0 Å². The fourth-order valence-corrected chi connectivity index (χ4v) is 4.32. The minimum Gasteiger partial charge on any atom is -0.379 e. The third-order valence-electron chi connectivity index (χ3n) is 5.38. The second kappa shape index (κ2) is 17.0. The van der Waals surface area contributed by atoms with Gasteiger partial charge in [-0.2, -0.15) is 11.8 Å². The normalized spacial score (nSPS) is 25.3. The second-order valence-electron chi connectivity index (χ2n) is 8.21. The molecule has 4 saturated heterocycles. The van der Waals surface area contributed by atoms with E-state index >= 15 is 0 Å². The number of hydrogen-bond donors (Lipinski definition) is 0. The number of ether oxygens (including phenoxy) is 1. The third kappa shape index (κ3) is 15.7. The van der Waals surface area contributed by atoms with Crippen molar-refractivity contribution in [2.24, 2.45) is 0 Å². The van der Waals surface area contributed by atoms with Crippen LogP contribution in [-0.4, -0.2) is 125 Å². The molecule has 4 aliphatic rings. The summed E-state index contributed by atoms with van der Waals surface area (Å²) in [7, 11) is 8.66. The molecule has 27 heavy (non-hydrogen) atoms. The van der Waals surface area contributed by atoms with Gasteiger partial charge in [0, 0.05) is 37.7 Å². The van der Waals surface area contributed by atoms with Crippen LogP contribution in [0.15, 0.2) is 0 Å². The molecule has 0 aromatic heterocycles. The average molecular weight is 403 g/mol. The van der Waals surface area contributed by atoms with Gasteiger partial charge in [-0.25, -0.2) is 0 Å². The Morgan fingerprint density at radius 3 is 1.07 bits per heavy atom. The van der Waals surface area contributed by atoms with Gasteiger partial charge in [-0.1, -0.05) is 6.42 Å². The molecule has 4 fully saturated rings. The molecule has 0 saturated carbocycles. The number of likely N-dealkylation sites (N-methyl/N-ethyl adjacent to an activating group) is 1. The number of nitrogens with zero attached hydrogens (tertiary/aromatic N) is 4. The van der Waals surface area contributed by atoms with E-state index in [-0.39, 0.29) is 0 Å². The van der Waals surface area contributed by atoms with E-state index in [2.05, 4.69) is 59.6 Å². The molecule has 4 rings (SSSR count). The zero-order chi connectivity index (χ0) is 19.7. The largest absolute Gasteiger partial charge is 0.379 e. The van der Waals surface area contributed by atoms with Crippen LogP contribution in [0.25, 0.3) is 0 Å². The first kappa shape index (κ1) is 25.2. The Hall–Kier alpha value is 0.150. The van der Waals surface area contributed by atoms with Gasteiger partial charge in [0.05, 0.1) is 13.2 Å². The zero-order valence-corrected chi connectivity index (χ0v) is 19.4. The standard InChI is InChI=1S/C6H13N.C5H11NO.C5H11NS.C5H11N/c1-7-5-3-2-4-6-7;2*1-6-2-4-7-5-3-6;1-6-4-2-3-5-6/h2-6H2,1H3;2*2-5H2,1H3;2-5H2,1H3. The van der Waals surface area contributed by atoms with Crippen molar-refractivity contribution >= 4 is 11.8 Å². The molecule has 0 amide bonds.